The lowest BCUT2D eigenvalue weighted by Gasteiger charge is -2.20. The lowest BCUT2D eigenvalue weighted by atomic mass is 10.2. The van der Waals surface area contributed by atoms with Gasteiger partial charge in [-0.15, -0.1) is 0 Å². The molecule has 1 aromatic rings. The summed E-state index contributed by atoms with van der Waals surface area (Å²) in [5.74, 6) is 0.978. The Labute approximate surface area is 105 Å². The van der Waals surface area contributed by atoms with E-state index in [1.54, 1.807) is 0 Å². The lowest BCUT2D eigenvalue weighted by molar-refractivity contribution is 0.338. The van der Waals surface area contributed by atoms with Crippen molar-refractivity contribution in [2.24, 2.45) is 5.73 Å². The summed E-state index contributed by atoms with van der Waals surface area (Å²) < 4.78 is 5.53. The van der Waals surface area contributed by atoms with Gasteiger partial charge in [-0.05, 0) is 57.0 Å². The summed E-state index contributed by atoms with van der Waals surface area (Å²) in [6.07, 6.45) is 2.22. The van der Waals surface area contributed by atoms with Crippen LogP contribution in [-0.4, -0.2) is 26.7 Å². The zero-order chi connectivity index (χ0) is 12.7. The summed E-state index contributed by atoms with van der Waals surface area (Å²) in [4.78, 5) is 2.26. The summed E-state index contributed by atoms with van der Waals surface area (Å²) in [7, 11) is 2.12. The number of aryl methyl sites for hydroxylation is 1. The number of rotatable bonds is 7. The number of nitrogens with zero attached hydrogens (tertiary/aromatic N) is 1. The van der Waals surface area contributed by atoms with Gasteiger partial charge in [-0.3, -0.25) is 0 Å². The molecule has 0 saturated heterocycles. The number of benzene rings is 1. The van der Waals surface area contributed by atoms with Crippen LogP contribution in [0.1, 0.15) is 25.3 Å². The Hall–Kier alpha value is -1.22. The number of unbranched alkanes of at least 4 members (excludes halogenated alkanes) is 1. The van der Waals surface area contributed by atoms with Crippen LogP contribution in [0, 0.1) is 6.92 Å². The summed E-state index contributed by atoms with van der Waals surface area (Å²) >= 11 is 0. The normalized spacial score (nSPS) is 10.4. The molecule has 1 aromatic carbocycles. The van der Waals surface area contributed by atoms with Gasteiger partial charge < -0.3 is 15.4 Å². The van der Waals surface area contributed by atoms with Crippen LogP contribution in [0.3, 0.4) is 0 Å². The SMILES string of the molecule is CCOc1ccc(N(C)CCCCN)cc1C. The van der Waals surface area contributed by atoms with Crippen molar-refractivity contribution in [3.8, 4) is 5.75 Å². The molecule has 0 fully saturated rings. The van der Waals surface area contributed by atoms with Gasteiger partial charge in [0.25, 0.3) is 0 Å². The largest absolute Gasteiger partial charge is 0.494 e. The van der Waals surface area contributed by atoms with Gasteiger partial charge in [0.2, 0.25) is 0 Å². The molecular formula is C14H24N2O. The van der Waals surface area contributed by atoms with E-state index in [9.17, 15) is 0 Å². The van der Waals surface area contributed by atoms with E-state index >= 15 is 0 Å². The van der Waals surface area contributed by atoms with Gasteiger partial charge in [-0.25, -0.2) is 0 Å². The summed E-state index contributed by atoms with van der Waals surface area (Å²) in [5.41, 5.74) is 7.92. The maximum absolute atomic E-state index is 5.53. The highest BCUT2D eigenvalue weighted by Gasteiger charge is 2.04. The van der Waals surface area contributed by atoms with Crippen molar-refractivity contribution >= 4 is 5.69 Å². The first kappa shape index (κ1) is 13.8. The number of hydrogen-bond acceptors (Lipinski definition) is 3. The van der Waals surface area contributed by atoms with Gasteiger partial charge in [0.15, 0.2) is 0 Å². The van der Waals surface area contributed by atoms with E-state index in [0.29, 0.717) is 6.61 Å². The molecule has 0 unspecified atom stereocenters. The van der Waals surface area contributed by atoms with Crippen LogP contribution in [0.4, 0.5) is 5.69 Å². The first-order valence-electron chi connectivity index (χ1n) is 6.33. The zero-order valence-corrected chi connectivity index (χ0v) is 11.2. The van der Waals surface area contributed by atoms with Gasteiger partial charge in [0.05, 0.1) is 6.61 Å². The number of nitrogens with two attached hydrogens (primary N) is 1. The summed E-state index contributed by atoms with van der Waals surface area (Å²) in [6, 6.07) is 6.33. The second kappa shape index (κ2) is 7.17. The predicted octanol–water partition coefficient (Wildman–Crippen LogP) is 2.57. The third-order valence-electron chi connectivity index (χ3n) is 2.85. The number of hydrogen-bond donors (Lipinski definition) is 1. The maximum Gasteiger partial charge on any atom is 0.122 e. The highest BCUT2D eigenvalue weighted by molar-refractivity contribution is 5.52. The molecule has 17 heavy (non-hydrogen) atoms. The molecule has 1 rings (SSSR count). The minimum Gasteiger partial charge on any atom is -0.494 e. The second-order valence-corrected chi connectivity index (χ2v) is 4.30. The topological polar surface area (TPSA) is 38.5 Å². The molecule has 0 heterocycles. The number of ether oxygens (including phenoxy) is 1. The minimum atomic E-state index is 0.715. The van der Waals surface area contributed by atoms with Crippen molar-refractivity contribution < 1.29 is 4.74 Å². The first-order chi connectivity index (χ1) is 8.19. The van der Waals surface area contributed by atoms with Crippen molar-refractivity contribution in [3.05, 3.63) is 23.8 Å². The van der Waals surface area contributed by atoms with E-state index in [4.69, 9.17) is 10.5 Å². The van der Waals surface area contributed by atoms with E-state index < -0.39 is 0 Å². The fraction of sp³-hybridized carbons (Fsp3) is 0.571. The highest BCUT2D eigenvalue weighted by atomic mass is 16.5. The molecule has 0 aromatic heterocycles. The molecule has 3 nitrogen and oxygen atoms in total. The molecule has 0 aliphatic carbocycles. The Kier molecular flexibility index (Phi) is 5.84. The molecule has 0 aliphatic rings. The van der Waals surface area contributed by atoms with Crippen LogP contribution in [0.2, 0.25) is 0 Å². The second-order valence-electron chi connectivity index (χ2n) is 4.30. The van der Waals surface area contributed by atoms with Crippen molar-refractivity contribution in [1.29, 1.82) is 0 Å². The Balaban J connectivity index is 2.62. The van der Waals surface area contributed by atoms with Crippen LogP contribution in [0.15, 0.2) is 18.2 Å². The van der Waals surface area contributed by atoms with Crippen LogP contribution in [0.25, 0.3) is 0 Å². The van der Waals surface area contributed by atoms with Crippen LogP contribution in [-0.2, 0) is 0 Å². The average molecular weight is 236 g/mol. The predicted molar refractivity (Wildman–Crippen MR) is 73.9 cm³/mol. The molecular weight excluding hydrogens is 212 g/mol. The van der Waals surface area contributed by atoms with Crippen molar-refractivity contribution in [2.75, 3.05) is 31.6 Å². The van der Waals surface area contributed by atoms with E-state index in [1.165, 1.54) is 11.3 Å². The van der Waals surface area contributed by atoms with Crippen molar-refractivity contribution in [2.45, 2.75) is 26.7 Å². The molecule has 0 radical (unpaired) electrons. The maximum atomic E-state index is 5.53. The molecule has 96 valence electrons. The monoisotopic (exact) mass is 236 g/mol. The molecule has 0 saturated carbocycles. The third-order valence-corrected chi connectivity index (χ3v) is 2.85. The molecule has 0 amide bonds. The highest BCUT2D eigenvalue weighted by Crippen LogP contribution is 2.24. The Morgan fingerprint density at radius 2 is 2.06 bits per heavy atom. The van der Waals surface area contributed by atoms with E-state index in [-0.39, 0.29) is 0 Å². The molecule has 2 N–H and O–H groups in total. The molecule has 0 spiro atoms. The van der Waals surface area contributed by atoms with Crippen LogP contribution >= 0.6 is 0 Å². The lowest BCUT2D eigenvalue weighted by Crippen LogP contribution is -2.19. The quantitative estimate of drug-likeness (QED) is 0.739. The van der Waals surface area contributed by atoms with E-state index in [2.05, 4.69) is 31.0 Å². The van der Waals surface area contributed by atoms with Gasteiger partial charge in [-0.1, -0.05) is 0 Å². The standard InChI is InChI=1S/C14H24N2O/c1-4-17-14-8-7-13(11-12(14)2)16(3)10-6-5-9-15/h7-8,11H,4-6,9-10,15H2,1-3H3. The Bertz CT molecular complexity index is 339. The van der Waals surface area contributed by atoms with Crippen LogP contribution in [0.5, 0.6) is 5.75 Å². The van der Waals surface area contributed by atoms with Gasteiger partial charge >= 0.3 is 0 Å². The smallest absolute Gasteiger partial charge is 0.122 e. The molecule has 0 bridgehead atoms. The van der Waals surface area contributed by atoms with Gasteiger partial charge in [0.1, 0.15) is 5.75 Å². The van der Waals surface area contributed by atoms with Gasteiger partial charge in [0, 0.05) is 19.3 Å². The Morgan fingerprint density at radius 1 is 1.29 bits per heavy atom. The summed E-state index contributed by atoms with van der Waals surface area (Å²) in [6.45, 7) is 6.63. The summed E-state index contributed by atoms with van der Waals surface area (Å²) in [5, 5.41) is 0. The van der Waals surface area contributed by atoms with Crippen LogP contribution < -0.4 is 15.4 Å². The van der Waals surface area contributed by atoms with Crippen molar-refractivity contribution in [1.82, 2.24) is 0 Å². The van der Waals surface area contributed by atoms with E-state index in [1.807, 2.05) is 13.0 Å². The zero-order valence-electron chi connectivity index (χ0n) is 11.2. The van der Waals surface area contributed by atoms with E-state index in [0.717, 1.165) is 31.7 Å². The molecule has 3 heteroatoms. The molecule has 0 atom stereocenters. The van der Waals surface area contributed by atoms with Crippen molar-refractivity contribution in [3.63, 3.8) is 0 Å². The third kappa shape index (κ3) is 4.27. The average Bonchev–Trinajstić information content (AvgIpc) is 2.32. The van der Waals surface area contributed by atoms with Gasteiger partial charge in [-0.2, -0.15) is 0 Å². The Morgan fingerprint density at radius 3 is 2.65 bits per heavy atom. The molecule has 0 aliphatic heterocycles. The first-order valence-corrected chi connectivity index (χ1v) is 6.33. The minimum absolute atomic E-state index is 0.715. The fourth-order valence-electron chi connectivity index (χ4n) is 1.81. The fourth-order valence-corrected chi connectivity index (χ4v) is 1.81. The number of anilines is 1.